The molecule has 0 atom stereocenters. The molecule has 0 aliphatic carbocycles. The van der Waals surface area contributed by atoms with Crippen LogP contribution in [0.2, 0.25) is 0 Å². The van der Waals surface area contributed by atoms with Gasteiger partial charge in [0.25, 0.3) is 0 Å². The normalized spacial score (nSPS) is 10.1. The number of rotatable bonds is 2. The fourth-order valence-corrected chi connectivity index (χ4v) is 1.28. The van der Waals surface area contributed by atoms with Gasteiger partial charge in [0.1, 0.15) is 0 Å². The van der Waals surface area contributed by atoms with Gasteiger partial charge >= 0.3 is 17.7 Å². The van der Waals surface area contributed by atoms with E-state index >= 15 is 0 Å². The summed E-state index contributed by atoms with van der Waals surface area (Å²) in [6.07, 6.45) is 0. The molecule has 0 radical (unpaired) electrons. The summed E-state index contributed by atoms with van der Waals surface area (Å²) in [6, 6.07) is 8.72. The molecule has 0 unspecified atom stereocenters. The number of carbonyl (C=O) groups is 1. The Morgan fingerprint density at radius 1 is 1.38 bits per heavy atom. The molecule has 16 heavy (non-hydrogen) atoms. The van der Waals surface area contributed by atoms with Crippen LogP contribution in [-0.2, 0) is 4.79 Å². The van der Waals surface area contributed by atoms with E-state index in [1.807, 2.05) is 6.07 Å². The monoisotopic (exact) mass is 219 g/mol. The summed E-state index contributed by atoms with van der Waals surface area (Å²) in [5.41, 5.74) is 0.125. The van der Waals surface area contributed by atoms with Gasteiger partial charge in [0, 0.05) is 6.92 Å². The number of esters is 1. The van der Waals surface area contributed by atoms with Gasteiger partial charge in [0.15, 0.2) is 0 Å². The molecular weight excluding hydrogens is 210 g/mol. The maximum atomic E-state index is 11.5. The lowest BCUT2D eigenvalue weighted by molar-refractivity contribution is -0.132. The topological polar surface area (TPSA) is 77.0 Å². The van der Waals surface area contributed by atoms with Crippen LogP contribution in [0.1, 0.15) is 6.92 Å². The SMILES string of the molecule is CC(=O)Oc1n[nH]c(=O)n1-c1ccccc1. The summed E-state index contributed by atoms with van der Waals surface area (Å²) < 4.78 is 5.98. The lowest BCUT2D eigenvalue weighted by atomic mass is 10.3. The van der Waals surface area contributed by atoms with Gasteiger partial charge in [-0.1, -0.05) is 18.2 Å². The first-order valence-electron chi connectivity index (χ1n) is 4.60. The highest BCUT2D eigenvalue weighted by molar-refractivity contribution is 5.68. The molecule has 2 rings (SSSR count). The first kappa shape index (κ1) is 10.2. The van der Waals surface area contributed by atoms with Crippen LogP contribution in [0.25, 0.3) is 5.69 Å². The van der Waals surface area contributed by atoms with Crippen LogP contribution in [0.3, 0.4) is 0 Å². The van der Waals surface area contributed by atoms with Crippen LogP contribution >= 0.6 is 0 Å². The van der Waals surface area contributed by atoms with Gasteiger partial charge < -0.3 is 4.74 Å². The van der Waals surface area contributed by atoms with E-state index in [-0.39, 0.29) is 6.01 Å². The second kappa shape index (κ2) is 4.01. The highest BCUT2D eigenvalue weighted by Crippen LogP contribution is 2.11. The molecule has 0 amide bonds. The van der Waals surface area contributed by atoms with Gasteiger partial charge in [0.2, 0.25) is 0 Å². The molecule has 6 nitrogen and oxygen atoms in total. The van der Waals surface area contributed by atoms with E-state index in [1.54, 1.807) is 24.3 Å². The zero-order valence-corrected chi connectivity index (χ0v) is 8.51. The largest absolute Gasteiger partial charge is 0.391 e. The average molecular weight is 219 g/mol. The van der Waals surface area contributed by atoms with Crippen molar-refractivity contribution in [2.75, 3.05) is 0 Å². The first-order chi connectivity index (χ1) is 7.68. The lowest BCUT2D eigenvalue weighted by Crippen LogP contribution is -2.17. The smallest absolute Gasteiger partial charge is 0.350 e. The van der Waals surface area contributed by atoms with Crippen molar-refractivity contribution in [1.29, 1.82) is 0 Å². The number of nitrogens with zero attached hydrogens (tertiary/aromatic N) is 2. The number of nitrogens with one attached hydrogen (secondary N) is 1. The highest BCUT2D eigenvalue weighted by Gasteiger charge is 2.12. The van der Waals surface area contributed by atoms with E-state index in [0.29, 0.717) is 5.69 Å². The third-order valence-electron chi connectivity index (χ3n) is 1.89. The van der Waals surface area contributed by atoms with Crippen molar-refractivity contribution in [3.8, 4) is 11.7 Å². The average Bonchev–Trinajstić information content (AvgIpc) is 2.60. The molecule has 0 fully saturated rings. The molecule has 82 valence electrons. The first-order valence-corrected chi connectivity index (χ1v) is 4.60. The van der Waals surface area contributed by atoms with Crippen molar-refractivity contribution in [2.24, 2.45) is 0 Å². The van der Waals surface area contributed by atoms with Crippen molar-refractivity contribution >= 4 is 5.97 Å². The summed E-state index contributed by atoms with van der Waals surface area (Å²) in [5.74, 6) is -0.531. The molecule has 1 aromatic heterocycles. The molecule has 0 aliphatic rings. The minimum Gasteiger partial charge on any atom is -0.391 e. The Morgan fingerprint density at radius 2 is 2.06 bits per heavy atom. The molecule has 2 aromatic rings. The Balaban J connectivity index is 2.52. The Hall–Kier alpha value is -2.37. The van der Waals surface area contributed by atoms with E-state index in [2.05, 4.69) is 10.2 Å². The fraction of sp³-hybridized carbons (Fsp3) is 0.100. The van der Waals surface area contributed by atoms with Crippen LogP contribution in [0.15, 0.2) is 35.1 Å². The predicted molar refractivity (Wildman–Crippen MR) is 55.5 cm³/mol. The third kappa shape index (κ3) is 1.85. The van der Waals surface area contributed by atoms with Gasteiger partial charge in [-0.15, -0.1) is 5.10 Å². The van der Waals surface area contributed by atoms with Crippen molar-refractivity contribution in [3.05, 3.63) is 40.8 Å². The fourth-order valence-electron chi connectivity index (χ4n) is 1.28. The number of hydrogen-bond donors (Lipinski definition) is 1. The Kier molecular flexibility index (Phi) is 2.55. The summed E-state index contributed by atoms with van der Waals surface area (Å²) in [4.78, 5) is 22.3. The van der Waals surface area contributed by atoms with E-state index in [4.69, 9.17) is 4.74 Å². The number of H-pyrrole nitrogens is 1. The number of aromatic nitrogens is 3. The van der Waals surface area contributed by atoms with Crippen LogP contribution in [0, 0.1) is 0 Å². The minimum absolute atomic E-state index is 0.0660. The highest BCUT2D eigenvalue weighted by atomic mass is 16.6. The second-order valence-corrected chi connectivity index (χ2v) is 3.08. The Labute approximate surface area is 90.5 Å². The van der Waals surface area contributed by atoms with Gasteiger partial charge in [-0.25, -0.2) is 14.5 Å². The van der Waals surface area contributed by atoms with E-state index in [0.717, 1.165) is 0 Å². The quantitative estimate of drug-likeness (QED) is 0.745. The van der Waals surface area contributed by atoms with Crippen molar-refractivity contribution in [2.45, 2.75) is 6.92 Å². The number of ether oxygens (including phenoxy) is 1. The van der Waals surface area contributed by atoms with Crippen molar-refractivity contribution in [3.63, 3.8) is 0 Å². The van der Waals surface area contributed by atoms with Gasteiger partial charge in [-0.05, 0) is 12.1 Å². The lowest BCUT2D eigenvalue weighted by Gasteiger charge is -2.03. The molecule has 1 N–H and O–H groups in total. The van der Waals surface area contributed by atoms with Crippen LogP contribution in [-0.4, -0.2) is 20.7 Å². The number of carbonyl (C=O) groups excluding carboxylic acids is 1. The standard InChI is InChI=1S/C10H9N3O3/c1-7(14)16-10-12-11-9(15)13(10)8-5-3-2-4-6-8/h2-6H,1H3,(H,11,15). The Morgan fingerprint density at radius 3 is 2.69 bits per heavy atom. The van der Waals surface area contributed by atoms with Gasteiger partial charge in [0.05, 0.1) is 5.69 Å². The molecule has 0 aliphatic heterocycles. The number of hydrogen-bond acceptors (Lipinski definition) is 4. The third-order valence-corrected chi connectivity index (χ3v) is 1.89. The van der Waals surface area contributed by atoms with Gasteiger partial charge in [-0.2, -0.15) is 0 Å². The number of para-hydroxylation sites is 1. The van der Waals surface area contributed by atoms with Crippen molar-refractivity contribution in [1.82, 2.24) is 14.8 Å². The van der Waals surface area contributed by atoms with Crippen LogP contribution < -0.4 is 10.4 Å². The predicted octanol–water partition coefficient (Wildman–Crippen LogP) is 0.486. The van der Waals surface area contributed by atoms with Crippen LogP contribution in [0.4, 0.5) is 0 Å². The molecule has 0 spiro atoms. The summed E-state index contributed by atoms with van der Waals surface area (Å²) in [6.45, 7) is 1.24. The van der Waals surface area contributed by atoms with E-state index in [9.17, 15) is 9.59 Å². The zero-order chi connectivity index (χ0) is 11.5. The molecule has 1 heterocycles. The van der Waals surface area contributed by atoms with E-state index in [1.165, 1.54) is 11.5 Å². The van der Waals surface area contributed by atoms with Crippen LogP contribution in [0.5, 0.6) is 6.01 Å². The maximum Gasteiger partial charge on any atom is 0.350 e. The number of benzene rings is 1. The molecule has 0 saturated heterocycles. The number of aromatic amines is 1. The molecule has 6 heteroatoms. The summed E-state index contributed by atoms with van der Waals surface area (Å²) >= 11 is 0. The summed E-state index contributed by atoms with van der Waals surface area (Å²) in [5, 5.41) is 5.84. The Bertz CT molecular complexity index is 556. The summed E-state index contributed by atoms with van der Waals surface area (Å²) in [7, 11) is 0. The van der Waals surface area contributed by atoms with Gasteiger partial charge in [-0.3, -0.25) is 4.79 Å². The molecule has 0 bridgehead atoms. The zero-order valence-electron chi connectivity index (χ0n) is 8.51. The second-order valence-electron chi connectivity index (χ2n) is 3.08. The maximum absolute atomic E-state index is 11.5. The molecule has 0 saturated carbocycles. The van der Waals surface area contributed by atoms with Crippen molar-refractivity contribution < 1.29 is 9.53 Å². The minimum atomic E-state index is -0.531. The molecule has 1 aromatic carbocycles. The molecular formula is C10H9N3O3. The van der Waals surface area contributed by atoms with E-state index < -0.39 is 11.7 Å².